The first-order valence-corrected chi connectivity index (χ1v) is 15.3. The SMILES string of the molecule is c1ccc(-c2nc(-c3ccccc3)nc(-c3ccc(-c4ccc5cccc(-c6ccc(-c7ccccn7)cc6)c5c4)cc3)n2)cc1. The Bertz CT molecular complexity index is 2210. The Morgan fingerprint density at radius 3 is 1.46 bits per heavy atom. The second kappa shape index (κ2) is 12.0. The van der Waals surface area contributed by atoms with Gasteiger partial charge in [-0.05, 0) is 51.2 Å². The van der Waals surface area contributed by atoms with Gasteiger partial charge in [0.25, 0.3) is 0 Å². The number of pyridine rings is 1. The van der Waals surface area contributed by atoms with Gasteiger partial charge in [-0.25, -0.2) is 15.0 Å². The highest BCUT2D eigenvalue weighted by Crippen LogP contribution is 2.34. The number of hydrogen-bond acceptors (Lipinski definition) is 4. The summed E-state index contributed by atoms with van der Waals surface area (Å²) in [6.07, 6.45) is 1.83. The van der Waals surface area contributed by atoms with Crippen LogP contribution in [0.2, 0.25) is 0 Å². The topological polar surface area (TPSA) is 51.6 Å². The van der Waals surface area contributed by atoms with E-state index in [4.69, 9.17) is 15.0 Å². The molecule has 0 radical (unpaired) electrons. The molecule has 2 heterocycles. The van der Waals surface area contributed by atoms with Crippen LogP contribution in [0.1, 0.15) is 0 Å². The molecule has 0 aliphatic rings. The van der Waals surface area contributed by atoms with Crippen molar-refractivity contribution in [1.29, 1.82) is 0 Å². The Morgan fingerprint density at radius 1 is 0.326 bits per heavy atom. The first kappa shape index (κ1) is 27.3. The minimum atomic E-state index is 0.647. The summed E-state index contributed by atoms with van der Waals surface area (Å²) in [6.45, 7) is 0. The van der Waals surface area contributed by atoms with Gasteiger partial charge < -0.3 is 0 Å². The van der Waals surface area contributed by atoms with Gasteiger partial charge in [0.1, 0.15) is 0 Å². The van der Waals surface area contributed by atoms with Gasteiger partial charge in [0.15, 0.2) is 17.5 Å². The van der Waals surface area contributed by atoms with Crippen molar-refractivity contribution in [2.24, 2.45) is 0 Å². The zero-order chi connectivity index (χ0) is 30.7. The fourth-order valence-corrected chi connectivity index (χ4v) is 5.81. The van der Waals surface area contributed by atoms with E-state index < -0.39 is 0 Å². The van der Waals surface area contributed by atoms with Crippen molar-refractivity contribution < 1.29 is 0 Å². The standard InChI is InChI=1S/C42H28N4/c1-3-10-33(11-4-1)40-44-41(34-12-5-2-6-13-34)46-42(45-40)35-24-17-29(18-25-35)36-26-21-30-14-9-15-37(38(30)28-36)31-19-22-32(23-20-31)39-16-7-8-27-43-39/h1-28H. The molecule has 46 heavy (non-hydrogen) atoms. The average molecular weight is 589 g/mol. The van der Waals surface area contributed by atoms with Gasteiger partial charge in [0.05, 0.1) is 5.69 Å². The molecule has 0 amide bonds. The molecule has 8 rings (SSSR count). The largest absolute Gasteiger partial charge is 0.256 e. The van der Waals surface area contributed by atoms with Crippen LogP contribution in [0, 0.1) is 0 Å². The highest BCUT2D eigenvalue weighted by atomic mass is 15.0. The van der Waals surface area contributed by atoms with E-state index in [0.717, 1.165) is 39.1 Å². The highest BCUT2D eigenvalue weighted by Gasteiger charge is 2.13. The molecule has 2 aromatic heterocycles. The van der Waals surface area contributed by atoms with Crippen LogP contribution in [0.4, 0.5) is 0 Å². The maximum atomic E-state index is 4.89. The summed E-state index contributed by atoms with van der Waals surface area (Å²) < 4.78 is 0. The number of fused-ring (bicyclic) bond motifs is 1. The van der Waals surface area contributed by atoms with Crippen molar-refractivity contribution in [2.45, 2.75) is 0 Å². The molecule has 0 aliphatic carbocycles. The van der Waals surface area contributed by atoms with E-state index in [1.807, 2.05) is 85.1 Å². The lowest BCUT2D eigenvalue weighted by molar-refractivity contribution is 1.07. The van der Waals surface area contributed by atoms with E-state index in [1.54, 1.807) is 0 Å². The predicted molar refractivity (Wildman–Crippen MR) is 188 cm³/mol. The van der Waals surface area contributed by atoms with Gasteiger partial charge in [0, 0.05) is 28.5 Å². The molecule has 6 aromatic carbocycles. The highest BCUT2D eigenvalue weighted by molar-refractivity contribution is 5.99. The number of aromatic nitrogens is 4. The van der Waals surface area contributed by atoms with Crippen molar-refractivity contribution in [3.8, 4) is 67.7 Å². The summed E-state index contributed by atoms with van der Waals surface area (Å²) in [6, 6.07) is 56.4. The fourth-order valence-electron chi connectivity index (χ4n) is 5.81. The smallest absolute Gasteiger partial charge is 0.164 e. The monoisotopic (exact) mass is 588 g/mol. The number of nitrogens with zero attached hydrogens (tertiary/aromatic N) is 4. The van der Waals surface area contributed by atoms with Crippen LogP contribution >= 0.6 is 0 Å². The minimum Gasteiger partial charge on any atom is -0.256 e. The van der Waals surface area contributed by atoms with Crippen LogP contribution < -0.4 is 0 Å². The average Bonchev–Trinajstić information content (AvgIpc) is 3.15. The van der Waals surface area contributed by atoms with Crippen molar-refractivity contribution in [1.82, 2.24) is 19.9 Å². The molecule has 0 saturated carbocycles. The van der Waals surface area contributed by atoms with Crippen LogP contribution in [-0.2, 0) is 0 Å². The molecule has 0 spiro atoms. The molecular weight excluding hydrogens is 560 g/mol. The van der Waals surface area contributed by atoms with Crippen LogP contribution in [0.3, 0.4) is 0 Å². The molecule has 216 valence electrons. The fraction of sp³-hybridized carbons (Fsp3) is 0. The second-order valence-electron chi connectivity index (χ2n) is 11.1. The molecule has 0 aliphatic heterocycles. The van der Waals surface area contributed by atoms with Crippen molar-refractivity contribution in [3.05, 3.63) is 170 Å². The van der Waals surface area contributed by atoms with Gasteiger partial charge in [-0.1, -0.05) is 146 Å². The second-order valence-corrected chi connectivity index (χ2v) is 11.1. The minimum absolute atomic E-state index is 0.647. The Kier molecular flexibility index (Phi) is 7.14. The molecule has 4 heteroatoms. The van der Waals surface area contributed by atoms with Gasteiger partial charge >= 0.3 is 0 Å². The molecule has 0 unspecified atom stereocenters. The predicted octanol–water partition coefficient (Wildman–Crippen LogP) is 10.4. The first-order chi connectivity index (χ1) is 22.8. The lowest BCUT2D eigenvalue weighted by Crippen LogP contribution is -2.00. The van der Waals surface area contributed by atoms with Crippen LogP contribution in [-0.4, -0.2) is 19.9 Å². The molecular formula is C42H28N4. The molecule has 0 N–H and O–H groups in total. The van der Waals surface area contributed by atoms with Crippen molar-refractivity contribution >= 4 is 10.8 Å². The van der Waals surface area contributed by atoms with Crippen molar-refractivity contribution in [3.63, 3.8) is 0 Å². The normalized spacial score (nSPS) is 11.0. The van der Waals surface area contributed by atoms with Gasteiger partial charge in [-0.3, -0.25) is 4.98 Å². The molecule has 0 saturated heterocycles. The van der Waals surface area contributed by atoms with Crippen molar-refractivity contribution in [2.75, 3.05) is 0 Å². The van der Waals surface area contributed by atoms with Crippen LogP contribution in [0.15, 0.2) is 170 Å². The first-order valence-electron chi connectivity index (χ1n) is 15.3. The molecule has 0 fully saturated rings. The third kappa shape index (κ3) is 5.44. The number of rotatable bonds is 6. The van der Waals surface area contributed by atoms with Crippen LogP contribution in [0.25, 0.3) is 78.4 Å². The van der Waals surface area contributed by atoms with E-state index in [9.17, 15) is 0 Å². The maximum absolute atomic E-state index is 4.89. The van der Waals surface area contributed by atoms with E-state index >= 15 is 0 Å². The lowest BCUT2D eigenvalue weighted by atomic mass is 9.94. The van der Waals surface area contributed by atoms with Gasteiger partial charge in [-0.15, -0.1) is 0 Å². The summed E-state index contributed by atoms with van der Waals surface area (Å²) in [5.74, 6) is 1.96. The summed E-state index contributed by atoms with van der Waals surface area (Å²) in [7, 11) is 0. The Balaban J connectivity index is 1.14. The summed E-state index contributed by atoms with van der Waals surface area (Å²) in [5, 5.41) is 2.42. The molecule has 0 atom stereocenters. The van der Waals surface area contributed by atoms with E-state index in [1.165, 1.54) is 21.9 Å². The Morgan fingerprint density at radius 2 is 0.848 bits per heavy atom. The summed E-state index contributed by atoms with van der Waals surface area (Å²) >= 11 is 0. The number of benzene rings is 6. The Labute approximate surface area is 267 Å². The quantitative estimate of drug-likeness (QED) is 0.194. The molecule has 0 bridgehead atoms. The third-order valence-corrected chi connectivity index (χ3v) is 8.21. The maximum Gasteiger partial charge on any atom is 0.164 e. The lowest BCUT2D eigenvalue weighted by Gasteiger charge is -2.11. The van der Waals surface area contributed by atoms with Crippen LogP contribution in [0.5, 0.6) is 0 Å². The molecule has 4 nitrogen and oxygen atoms in total. The number of hydrogen-bond donors (Lipinski definition) is 0. The zero-order valence-electron chi connectivity index (χ0n) is 25.0. The summed E-state index contributed by atoms with van der Waals surface area (Å²) in [4.78, 5) is 19.1. The van der Waals surface area contributed by atoms with Gasteiger partial charge in [-0.2, -0.15) is 0 Å². The molecule has 8 aromatic rings. The van der Waals surface area contributed by atoms with Gasteiger partial charge in [0.2, 0.25) is 0 Å². The van der Waals surface area contributed by atoms with E-state index in [0.29, 0.717) is 17.5 Å². The van der Waals surface area contributed by atoms with E-state index in [-0.39, 0.29) is 0 Å². The van der Waals surface area contributed by atoms with E-state index in [2.05, 4.69) is 89.9 Å². The Hall–Kier alpha value is -6.26. The summed E-state index contributed by atoms with van der Waals surface area (Å²) in [5.41, 5.74) is 9.60. The zero-order valence-corrected chi connectivity index (χ0v) is 25.0. The third-order valence-electron chi connectivity index (χ3n) is 8.21.